The summed E-state index contributed by atoms with van der Waals surface area (Å²) in [5.41, 5.74) is 0.615. The molecule has 2 fully saturated rings. The van der Waals surface area contributed by atoms with E-state index in [0.29, 0.717) is 30.5 Å². The van der Waals surface area contributed by atoms with Gasteiger partial charge in [0.15, 0.2) is 5.82 Å². The molecular formula is C17H20N4O3. The maximum absolute atomic E-state index is 12.5. The molecule has 0 radical (unpaired) electrons. The topological polar surface area (TPSA) is 81.4 Å². The molecule has 7 heteroatoms. The fourth-order valence-electron chi connectivity index (χ4n) is 2.95. The Hall–Kier alpha value is -2.28. The molecule has 2 aromatic rings. The van der Waals surface area contributed by atoms with Crippen LogP contribution in [0.5, 0.6) is 0 Å². The molecule has 2 aliphatic rings. The van der Waals surface area contributed by atoms with Gasteiger partial charge < -0.3 is 14.2 Å². The van der Waals surface area contributed by atoms with Gasteiger partial charge in [-0.2, -0.15) is 4.98 Å². The zero-order chi connectivity index (χ0) is 16.4. The van der Waals surface area contributed by atoms with E-state index in [1.54, 1.807) is 24.5 Å². The number of piperidine rings is 1. The molecule has 0 aromatic carbocycles. The molecule has 0 bridgehead atoms. The van der Waals surface area contributed by atoms with Crippen LogP contribution in [0.1, 0.15) is 53.7 Å². The van der Waals surface area contributed by atoms with Crippen molar-refractivity contribution in [1.29, 1.82) is 0 Å². The molecule has 3 heterocycles. The predicted molar refractivity (Wildman–Crippen MR) is 84.2 cm³/mol. The number of rotatable bonds is 5. The van der Waals surface area contributed by atoms with E-state index >= 15 is 0 Å². The van der Waals surface area contributed by atoms with E-state index in [4.69, 9.17) is 9.26 Å². The number of amides is 1. The third kappa shape index (κ3) is 3.46. The highest BCUT2D eigenvalue weighted by Gasteiger charge is 2.29. The number of nitrogens with zero attached hydrogens (tertiary/aromatic N) is 4. The second kappa shape index (κ2) is 6.68. The molecule has 1 atom stereocenters. The number of hydrogen-bond acceptors (Lipinski definition) is 6. The van der Waals surface area contributed by atoms with Crippen molar-refractivity contribution in [2.75, 3.05) is 13.1 Å². The van der Waals surface area contributed by atoms with Crippen LogP contribution in [-0.4, -0.2) is 45.1 Å². The standard InChI is InChI=1S/C17H20N4O3/c22-17(13-3-1-7-18-9-13)21-8-2-4-14(10-21)23-11-15-19-16(20-24-15)12-5-6-12/h1,3,7,9,12,14H,2,4-6,8,10-11H2/t14-/m1/s1. The van der Waals surface area contributed by atoms with Gasteiger partial charge in [-0.15, -0.1) is 0 Å². The Bertz CT molecular complexity index is 699. The molecule has 1 aliphatic heterocycles. The molecule has 1 aliphatic carbocycles. The molecule has 1 saturated heterocycles. The predicted octanol–water partition coefficient (Wildman–Crippen LogP) is 2.16. The lowest BCUT2D eigenvalue weighted by Gasteiger charge is -2.32. The van der Waals surface area contributed by atoms with E-state index in [2.05, 4.69) is 15.1 Å². The zero-order valence-electron chi connectivity index (χ0n) is 13.4. The fourth-order valence-corrected chi connectivity index (χ4v) is 2.95. The highest BCUT2D eigenvalue weighted by Crippen LogP contribution is 2.38. The Morgan fingerprint density at radius 1 is 1.38 bits per heavy atom. The number of hydrogen-bond donors (Lipinski definition) is 0. The first-order chi connectivity index (χ1) is 11.8. The number of carbonyl (C=O) groups excluding carboxylic acids is 1. The third-order valence-corrected chi connectivity index (χ3v) is 4.44. The minimum absolute atomic E-state index is 0.00403. The van der Waals surface area contributed by atoms with Crippen LogP contribution in [-0.2, 0) is 11.3 Å². The number of aromatic nitrogens is 3. The Morgan fingerprint density at radius 3 is 3.08 bits per heavy atom. The van der Waals surface area contributed by atoms with Crippen molar-refractivity contribution in [2.45, 2.75) is 44.3 Å². The van der Waals surface area contributed by atoms with E-state index in [-0.39, 0.29) is 12.0 Å². The average molecular weight is 328 g/mol. The SMILES string of the molecule is O=C(c1cccnc1)N1CCC[C@@H](OCc2nc(C3CC3)no2)C1. The van der Waals surface area contributed by atoms with Gasteiger partial charge in [0.2, 0.25) is 0 Å². The summed E-state index contributed by atoms with van der Waals surface area (Å²) in [5, 5.41) is 3.99. The Labute approximate surface area is 140 Å². The zero-order valence-corrected chi connectivity index (χ0v) is 13.4. The van der Waals surface area contributed by atoms with Crippen molar-refractivity contribution in [1.82, 2.24) is 20.0 Å². The number of likely N-dealkylation sites (tertiary alicyclic amines) is 1. The maximum atomic E-state index is 12.5. The van der Waals surface area contributed by atoms with Gasteiger partial charge in [0.25, 0.3) is 11.8 Å². The van der Waals surface area contributed by atoms with Crippen LogP contribution in [0, 0.1) is 0 Å². The summed E-state index contributed by atoms with van der Waals surface area (Å²) in [4.78, 5) is 22.7. The van der Waals surface area contributed by atoms with Gasteiger partial charge in [-0.05, 0) is 37.8 Å². The molecule has 0 spiro atoms. The van der Waals surface area contributed by atoms with E-state index in [1.807, 2.05) is 4.90 Å². The number of pyridine rings is 1. The molecule has 1 saturated carbocycles. The highest BCUT2D eigenvalue weighted by molar-refractivity contribution is 5.93. The quantitative estimate of drug-likeness (QED) is 0.836. The van der Waals surface area contributed by atoms with Crippen LogP contribution in [0.15, 0.2) is 29.0 Å². The van der Waals surface area contributed by atoms with E-state index in [9.17, 15) is 4.79 Å². The summed E-state index contributed by atoms with van der Waals surface area (Å²) < 4.78 is 11.1. The summed E-state index contributed by atoms with van der Waals surface area (Å²) in [5.74, 6) is 1.80. The van der Waals surface area contributed by atoms with Gasteiger partial charge in [0, 0.05) is 31.4 Å². The molecular weight excluding hydrogens is 308 g/mol. The molecule has 7 nitrogen and oxygen atoms in total. The summed E-state index contributed by atoms with van der Waals surface area (Å²) in [6.07, 6.45) is 7.41. The van der Waals surface area contributed by atoms with Crippen molar-refractivity contribution >= 4 is 5.91 Å². The van der Waals surface area contributed by atoms with Crippen LogP contribution in [0.25, 0.3) is 0 Å². The summed E-state index contributed by atoms with van der Waals surface area (Å²) in [6, 6.07) is 3.57. The molecule has 126 valence electrons. The molecule has 0 N–H and O–H groups in total. The van der Waals surface area contributed by atoms with Gasteiger partial charge in [0.1, 0.15) is 6.61 Å². The fraction of sp³-hybridized carbons (Fsp3) is 0.529. The number of ether oxygens (including phenoxy) is 1. The lowest BCUT2D eigenvalue weighted by Crippen LogP contribution is -2.43. The minimum Gasteiger partial charge on any atom is -0.367 e. The van der Waals surface area contributed by atoms with Gasteiger partial charge >= 0.3 is 0 Å². The largest absolute Gasteiger partial charge is 0.367 e. The second-order valence-corrected chi connectivity index (χ2v) is 6.39. The Balaban J connectivity index is 1.32. The van der Waals surface area contributed by atoms with Gasteiger partial charge in [-0.1, -0.05) is 5.16 Å². The summed E-state index contributed by atoms with van der Waals surface area (Å²) >= 11 is 0. The lowest BCUT2D eigenvalue weighted by atomic mass is 10.1. The smallest absolute Gasteiger partial charge is 0.255 e. The van der Waals surface area contributed by atoms with E-state index in [0.717, 1.165) is 38.1 Å². The van der Waals surface area contributed by atoms with Crippen molar-refractivity contribution in [3.8, 4) is 0 Å². The monoisotopic (exact) mass is 328 g/mol. The molecule has 1 amide bonds. The second-order valence-electron chi connectivity index (χ2n) is 6.39. The van der Waals surface area contributed by atoms with Crippen molar-refractivity contribution in [2.24, 2.45) is 0 Å². The summed E-state index contributed by atoms with van der Waals surface area (Å²) in [6.45, 7) is 1.64. The van der Waals surface area contributed by atoms with Gasteiger partial charge in [-0.25, -0.2) is 0 Å². The van der Waals surface area contributed by atoms with Crippen molar-refractivity contribution in [3.05, 3.63) is 41.8 Å². The first-order valence-electron chi connectivity index (χ1n) is 8.43. The van der Waals surface area contributed by atoms with Crippen LogP contribution < -0.4 is 0 Å². The lowest BCUT2D eigenvalue weighted by molar-refractivity contribution is -0.0153. The van der Waals surface area contributed by atoms with Crippen molar-refractivity contribution in [3.63, 3.8) is 0 Å². The van der Waals surface area contributed by atoms with E-state index < -0.39 is 0 Å². The van der Waals surface area contributed by atoms with E-state index in [1.165, 1.54) is 0 Å². The Kier molecular flexibility index (Phi) is 4.25. The minimum atomic E-state index is -0.00403. The van der Waals surface area contributed by atoms with Gasteiger partial charge in [-0.3, -0.25) is 9.78 Å². The molecule has 4 rings (SSSR count). The van der Waals surface area contributed by atoms with Crippen LogP contribution in [0.4, 0.5) is 0 Å². The van der Waals surface area contributed by atoms with Gasteiger partial charge in [0.05, 0.1) is 11.7 Å². The summed E-state index contributed by atoms with van der Waals surface area (Å²) in [7, 11) is 0. The molecule has 0 unspecified atom stereocenters. The normalized spacial score (nSPS) is 21.0. The average Bonchev–Trinajstić information content (AvgIpc) is 3.39. The highest BCUT2D eigenvalue weighted by atomic mass is 16.5. The van der Waals surface area contributed by atoms with Crippen molar-refractivity contribution < 1.29 is 14.1 Å². The first kappa shape index (κ1) is 15.3. The molecule has 24 heavy (non-hydrogen) atoms. The Morgan fingerprint density at radius 2 is 2.29 bits per heavy atom. The van der Waals surface area contributed by atoms with Crippen LogP contribution in [0.3, 0.4) is 0 Å². The number of carbonyl (C=O) groups is 1. The molecule has 2 aromatic heterocycles. The first-order valence-corrected chi connectivity index (χ1v) is 8.43. The van der Waals surface area contributed by atoms with Crippen LogP contribution in [0.2, 0.25) is 0 Å². The maximum Gasteiger partial charge on any atom is 0.255 e. The van der Waals surface area contributed by atoms with Crippen LogP contribution >= 0.6 is 0 Å². The third-order valence-electron chi connectivity index (χ3n) is 4.44.